The Morgan fingerprint density at radius 1 is 1.04 bits per heavy atom. The van der Waals surface area contributed by atoms with E-state index in [1.807, 2.05) is 35.2 Å². The highest BCUT2D eigenvalue weighted by atomic mass is 16.3. The van der Waals surface area contributed by atoms with E-state index in [-0.39, 0.29) is 17.9 Å². The van der Waals surface area contributed by atoms with Crippen LogP contribution in [-0.2, 0) is 4.79 Å². The molecule has 1 aromatic heterocycles. The summed E-state index contributed by atoms with van der Waals surface area (Å²) in [7, 11) is 0. The summed E-state index contributed by atoms with van der Waals surface area (Å²) in [5.41, 5.74) is 1.70. The Labute approximate surface area is 159 Å². The highest BCUT2D eigenvalue weighted by molar-refractivity contribution is 5.93. The van der Waals surface area contributed by atoms with E-state index in [9.17, 15) is 9.59 Å². The van der Waals surface area contributed by atoms with E-state index < -0.39 is 0 Å². The minimum Gasteiger partial charge on any atom is -0.472 e. The third-order valence-corrected chi connectivity index (χ3v) is 4.82. The van der Waals surface area contributed by atoms with Crippen LogP contribution in [0, 0.1) is 0 Å². The molecule has 2 heterocycles. The molecule has 1 fully saturated rings. The van der Waals surface area contributed by atoms with Crippen molar-refractivity contribution in [2.24, 2.45) is 0 Å². The molecule has 2 N–H and O–H groups in total. The molecule has 0 radical (unpaired) electrons. The quantitative estimate of drug-likeness (QED) is 0.854. The number of hydrogen-bond acceptors (Lipinski definition) is 4. The number of carbonyl (C=O) groups excluding carboxylic acids is 2. The second kappa shape index (κ2) is 9.92. The lowest BCUT2D eigenvalue weighted by molar-refractivity contribution is -0.121. The number of rotatable bonds is 2. The van der Waals surface area contributed by atoms with Crippen molar-refractivity contribution < 1.29 is 14.0 Å². The fourth-order valence-electron chi connectivity index (χ4n) is 3.34. The monoisotopic (exact) mass is 369 g/mol. The molecule has 0 saturated carbocycles. The Morgan fingerprint density at radius 3 is 2.63 bits per heavy atom. The van der Waals surface area contributed by atoms with Crippen LogP contribution in [0.5, 0.6) is 0 Å². The summed E-state index contributed by atoms with van der Waals surface area (Å²) in [4.78, 5) is 26.8. The van der Waals surface area contributed by atoms with Crippen LogP contribution in [0.25, 0.3) is 0 Å². The summed E-state index contributed by atoms with van der Waals surface area (Å²) < 4.78 is 5.03. The van der Waals surface area contributed by atoms with Gasteiger partial charge < -0.3 is 20.0 Å². The first-order chi connectivity index (χ1) is 13.2. The Hall–Kier alpha value is -2.60. The molecule has 0 unspecified atom stereocenters. The van der Waals surface area contributed by atoms with Gasteiger partial charge in [0, 0.05) is 32.1 Å². The smallest absolute Gasteiger partial charge is 0.257 e. The predicted octanol–water partition coefficient (Wildman–Crippen LogP) is 2.74. The molecule has 144 valence electrons. The molecule has 1 atom stereocenters. The number of carbonyl (C=O) groups is 2. The first-order valence-corrected chi connectivity index (χ1v) is 9.60. The van der Waals surface area contributed by atoms with Crippen molar-refractivity contribution in [3.05, 3.63) is 60.1 Å². The molecule has 27 heavy (non-hydrogen) atoms. The van der Waals surface area contributed by atoms with Gasteiger partial charge in [0.1, 0.15) is 6.26 Å². The van der Waals surface area contributed by atoms with E-state index in [1.165, 1.54) is 12.5 Å². The fraction of sp³-hybridized carbons (Fsp3) is 0.429. The third-order valence-electron chi connectivity index (χ3n) is 4.82. The lowest BCUT2D eigenvalue weighted by atomic mass is 10.0. The van der Waals surface area contributed by atoms with E-state index in [2.05, 4.69) is 10.6 Å². The van der Waals surface area contributed by atoms with Gasteiger partial charge in [-0.15, -0.1) is 0 Å². The van der Waals surface area contributed by atoms with Gasteiger partial charge >= 0.3 is 0 Å². The molecule has 6 nitrogen and oxygen atoms in total. The summed E-state index contributed by atoms with van der Waals surface area (Å²) in [6.07, 6.45) is 6.01. The number of nitrogens with one attached hydrogen (secondary N) is 2. The Morgan fingerprint density at radius 2 is 1.85 bits per heavy atom. The van der Waals surface area contributed by atoms with Crippen LogP contribution < -0.4 is 10.6 Å². The largest absolute Gasteiger partial charge is 0.472 e. The van der Waals surface area contributed by atoms with Gasteiger partial charge in [-0.2, -0.15) is 0 Å². The molecule has 0 spiro atoms. The van der Waals surface area contributed by atoms with Crippen molar-refractivity contribution in [3.63, 3.8) is 0 Å². The van der Waals surface area contributed by atoms with E-state index >= 15 is 0 Å². The average molecular weight is 369 g/mol. The molecule has 1 aromatic carbocycles. The molecule has 6 heteroatoms. The Balaban J connectivity index is 1.62. The molecular formula is C21H27N3O3. The van der Waals surface area contributed by atoms with Gasteiger partial charge in [-0.25, -0.2) is 0 Å². The summed E-state index contributed by atoms with van der Waals surface area (Å²) in [5.74, 6) is 0.0170. The van der Waals surface area contributed by atoms with Crippen molar-refractivity contribution in [3.8, 4) is 0 Å². The van der Waals surface area contributed by atoms with Crippen molar-refractivity contribution in [1.29, 1.82) is 0 Å². The fourth-order valence-corrected chi connectivity index (χ4v) is 3.34. The summed E-state index contributed by atoms with van der Waals surface area (Å²) in [6.45, 7) is 2.70. The highest BCUT2D eigenvalue weighted by Crippen LogP contribution is 2.17. The predicted molar refractivity (Wildman–Crippen MR) is 103 cm³/mol. The van der Waals surface area contributed by atoms with Gasteiger partial charge in [0.05, 0.1) is 11.8 Å². The normalized spacial score (nSPS) is 20.1. The number of furan rings is 1. The van der Waals surface area contributed by atoms with Crippen molar-refractivity contribution >= 4 is 11.8 Å². The molecule has 0 aliphatic carbocycles. The number of nitrogens with zero attached hydrogens (tertiary/aromatic N) is 1. The van der Waals surface area contributed by atoms with Gasteiger partial charge in [-0.3, -0.25) is 9.59 Å². The number of amides is 2. The Kier molecular flexibility index (Phi) is 7.04. The first kappa shape index (κ1) is 19.2. The molecule has 0 bridgehead atoms. The van der Waals surface area contributed by atoms with Gasteiger partial charge in [0.15, 0.2) is 0 Å². The van der Waals surface area contributed by atoms with Crippen LogP contribution in [-0.4, -0.2) is 42.9 Å². The van der Waals surface area contributed by atoms with E-state index in [0.29, 0.717) is 31.6 Å². The first-order valence-electron chi connectivity index (χ1n) is 9.60. The maximum Gasteiger partial charge on any atom is 0.257 e. The van der Waals surface area contributed by atoms with Gasteiger partial charge in [0.2, 0.25) is 5.91 Å². The summed E-state index contributed by atoms with van der Waals surface area (Å²) in [5, 5.41) is 6.48. The molecule has 1 saturated heterocycles. The van der Waals surface area contributed by atoms with Crippen LogP contribution in [0.15, 0.2) is 53.3 Å². The zero-order chi connectivity index (χ0) is 18.9. The van der Waals surface area contributed by atoms with Crippen LogP contribution >= 0.6 is 0 Å². The lowest BCUT2D eigenvalue weighted by Crippen LogP contribution is -2.35. The van der Waals surface area contributed by atoms with Crippen LogP contribution in [0.4, 0.5) is 0 Å². The van der Waals surface area contributed by atoms with E-state index in [4.69, 9.17) is 4.42 Å². The van der Waals surface area contributed by atoms with Crippen LogP contribution in [0.1, 0.15) is 47.6 Å². The number of hydrogen-bond donors (Lipinski definition) is 2. The molecule has 2 amide bonds. The Bertz CT molecular complexity index is 716. The topological polar surface area (TPSA) is 74.6 Å². The average Bonchev–Trinajstić information content (AvgIpc) is 3.23. The lowest BCUT2D eigenvalue weighted by Gasteiger charge is -2.22. The van der Waals surface area contributed by atoms with Gasteiger partial charge in [-0.05, 0) is 37.4 Å². The zero-order valence-corrected chi connectivity index (χ0v) is 15.5. The van der Waals surface area contributed by atoms with Crippen LogP contribution in [0.3, 0.4) is 0 Å². The molecular weight excluding hydrogens is 342 g/mol. The van der Waals surface area contributed by atoms with Crippen LogP contribution in [0.2, 0.25) is 0 Å². The molecule has 2 aromatic rings. The van der Waals surface area contributed by atoms with Gasteiger partial charge in [0.25, 0.3) is 5.91 Å². The molecule has 1 aliphatic rings. The number of benzene rings is 1. The SMILES string of the molecule is O=C1C[C@@H](c2ccccc2)NCCCCN(C(=O)c2ccoc2)CCCN1. The standard InChI is InChI=1S/C21H27N3O3/c25-20-15-19(17-7-2-1-3-8-17)22-10-4-5-12-24(13-6-11-23-20)21(26)18-9-14-27-16-18/h1-3,7-9,14,16,19,22H,4-6,10-13,15H2,(H,23,25)/t19-/m0/s1. The van der Waals surface area contributed by atoms with E-state index in [0.717, 1.165) is 31.4 Å². The zero-order valence-electron chi connectivity index (χ0n) is 15.5. The van der Waals surface area contributed by atoms with Crippen molar-refractivity contribution in [2.75, 3.05) is 26.2 Å². The molecule has 1 aliphatic heterocycles. The maximum atomic E-state index is 12.6. The van der Waals surface area contributed by atoms with Crippen molar-refractivity contribution in [1.82, 2.24) is 15.5 Å². The maximum absolute atomic E-state index is 12.6. The summed E-state index contributed by atoms with van der Waals surface area (Å²) in [6, 6.07) is 11.8. The second-order valence-corrected chi connectivity index (χ2v) is 6.84. The highest BCUT2D eigenvalue weighted by Gasteiger charge is 2.18. The minimum atomic E-state index is -0.0138. The second-order valence-electron chi connectivity index (χ2n) is 6.84. The van der Waals surface area contributed by atoms with E-state index in [1.54, 1.807) is 6.07 Å². The third kappa shape index (κ3) is 5.69. The minimum absolute atomic E-state index is 0.00983. The van der Waals surface area contributed by atoms with Gasteiger partial charge in [-0.1, -0.05) is 30.3 Å². The summed E-state index contributed by atoms with van der Waals surface area (Å²) >= 11 is 0. The molecule has 3 rings (SSSR count). The van der Waals surface area contributed by atoms with Crippen molar-refractivity contribution in [2.45, 2.75) is 31.7 Å².